The Morgan fingerprint density at radius 3 is 2.58 bits per heavy atom. The van der Waals surface area contributed by atoms with Gasteiger partial charge in [-0.15, -0.1) is 0 Å². The molecule has 0 bridgehead atoms. The minimum Gasteiger partial charge on any atom is -0.333 e. The van der Waals surface area contributed by atoms with Crippen molar-refractivity contribution in [3.63, 3.8) is 0 Å². The number of nitrogens with zero attached hydrogens (tertiary/aromatic N) is 2. The lowest BCUT2D eigenvalue weighted by Crippen LogP contribution is -2.32. The molecule has 0 aliphatic heterocycles. The quantitative estimate of drug-likeness (QED) is 0.640. The molecule has 1 unspecified atom stereocenters. The van der Waals surface area contributed by atoms with Gasteiger partial charge in [-0.05, 0) is 37.0 Å². The summed E-state index contributed by atoms with van der Waals surface area (Å²) in [6.07, 6.45) is 4.92. The average Bonchev–Trinajstić information content (AvgIpc) is 2.83. The zero-order valence-corrected chi connectivity index (χ0v) is 11.9. The van der Waals surface area contributed by atoms with E-state index < -0.39 is 0 Å². The highest BCUT2D eigenvalue weighted by Crippen LogP contribution is 2.26. The van der Waals surface area contributed by atoms with Gasteiger partial charge in [0, 0.05) is 18.9 Å². The summed E-state index contributed by atoms with van der Waals surface area (Å²) in [4.78, 5) is 4.49. The van der Waals surface area contributed by atoms with E-state index in [1.807, 2.05) is 12.4 Å². The molecule has 19 heavy (non-hydrogen) atoms. The van der Waals surface area contributed by atoms with Gasteiger partial charge in [-0.1, -0.05) is 25.1 Å². The van der Waals surface area contributed by atoms with Gasteiger partial charge in [0.1, 0.15) is 11.9 Å². The lowest BCUT2D eigenvalue weighted by molar-refractivity contribution is 0.542. The van der Waals surface area contributed by atoms with Crippen LogP contribution in [-0.4, -0.2) is 9.55 Å². The number of nitrogens with two attached hydrogens (primary N) is 1. The normalized spacial score (nSPS) is 12.6. The minimum atomic E-state index is -0.0669. The largest absolute Gasteiger partial charge is 0.333 e. The Bertz CT molecular complexity index is 525. The summed E-state index contributed by atoms with van der Waals surface area (Å²) < 4.78 is 2.16. The van der Waals surface area contributed by atoms with Gasteiger partial charge in [-0.25, -0.2) is 10.4 Å². The second-order valence-corrected chi connectivity index (χ2v) is 4.88. The molecule has 4 nitrogen and oxygen atoms in total. The Hall–Kier alpha value is -1.65. The van der Waals surface area contributed by atoms with Crippen molar-refractivity contribution in [1.29, 1.82) is 0 Å². The van der Waals surface area contributed by atoms with Crippen molar-refractivity contribution >= 4 is 0 Å². The minimum absolute atomic E-state index is 0.0669. The smallest absolute Gasteiger partial charge is 0.131 e. The van der Waals surface area contributed by atoms with Crippen molar-refractivity contribution in [2.24, 2.45) is 5.84 Å². The molecule has 0 radical (unpaired) electrons. The number of benzene rings is 1. The summed E-state index contributed by atoms with van der Waals surface area (Å²) in [7, 11) is 0. The molecule has 0 saturated heterocycles. The fourth-order valence-electron chi connectivity index (χ4n) is 2.58. The topological polar surface area (TPSA) is 55.9 Å². The van der Waals surface area contributed by atoms with E-state index >= 15 is 0 Å². The van der Waals surface area contributed by atoms with Crippen molar-refractivity contribution in [1.82, 2.24) is 15.0 Å². The van der Waals surface area contributed by atoms with E-state index in [2.05, 4.69) is 53.9 Å². The number of hydrazine groups is 1. The van der Waals surface area contributed by atoms with Crippen LogP contribution in [0.1, 0.15) is 41.9 Å². The third kappa shape index (κ3) is 2.69. The van der Waals surface area contributed by atoms with Crippen LogP contribution in [0.5, 0.6) is 0 Å². The van der Waals surface area contributed by atoms with Gasteiger partial charge in [0.2, 0.25) is 0 Å². The Kier molecular flexibility index (Phi) is 4.35. The molecule has 1 atom stereocenters. The Morgan fingerprint density at radius 2 is 2.00 bits per heavy atom. The standard InChI is InChI=1S/C15H22N4/c1-4-9-19-10-8-17-15(19)14(18-16)13-11(2)6-5-7-12(13)3/h5-8,10,14,18H,4,9,16H2,1-3H3. The number of hydrogen-bond donors (Lipinski definition) is 2. The maximum atomic E-state index is 5.80. The summed E-state index contributed by atoms with van der Waals surface area (Å²) in [5.41, 5.74) is 6.60. The summed E-state index contributed by atoms with van der Waals surface area (Å²) in [6.45, 7) is 7.34. The first-order valence-electron chi connectivity index (χ1n) is 6.72. The van der Waals surface area contributed by atoms with Gasteiger partial charge in [0.25, 0.3) is 0 Å². The molecule has 1 heterocycles. The van der Waals surface area contributed by atoms with Gasteiger partial charge in [0.05, 0.1) is 0 Å². The van der Waals surface area contributed by atoms with Crippen molar-refractivity contribution in [2.75, 3.05) is 0 Å². The number of nitrogens with one attached hydrogen (secondary N) is 1. The molecule has 4 heteroatoms. The van der Waals surface area contributed by atoms with Gasteiger partial charge in [-0.2, -0.15) is 0 Å². The van der Waals surface area contributed by atoms with E-state index in [1.54, 1.807) is 0 Å². The molecule has 0 aliphatic carbocycles. The molecule has 0 saturated carbocycles. The predicted octanol–water partition coefficient (Wildman–Crippen LogP) is 2.46. The number of imidazole rings is 1. The maximum Gasteiger partial charge on any atom is 0.131 e. The van der Waals surface area contributed by atoms with Gasteiger partial charge >= 0.3 is 0 Å². The van der Waals surface area contributed by atoms with E-state index in [0.29, 0.717) is 0 Å². The summed E-state index contributed by atoms with van der Waals surface area (Å²) in [5, 5.41) is 0. The SMILES string of the molecule is CCCn1ccnc1C(NN)c1c(C)cccc1C. The monoisotopic (exact) mass is 258 g/mol. The molecule has 2 rings (SSSR count). The molecule has 0 aliphatic rings. The lowest BCUT2D eigenvalue weighted by atomic mass is 9.96. The zero-order valence-electron chi connectivity index (χ0n) is 11.9. The van der Waals surface area contributed by atoms with E-state index in [4.69, 9.17) is 5.84 Å². The highest BCUT2D eigenvalue weighted by Gasteiger charge is 2.20. The fraction of sp³-hybridized carbons (Fsp3) is 0.400. The Labute approximate surface area is 114 Å². The molecule has 3 N–H and O–H groups in total. The highest BCUT2D eigenvalue weighted by molar-refractivity contribution is 5.39. The van der Waals surface area contributed by atoms with Crippen LogP contribution in [0.3, 0.4) is 0 Å². The second-order valence-electron chi connectivity index (χ2n) is 4.88. The molecule has 0 spiro atoms. The summed E-state index contributed by atoms with van der Waals surface area (Å²) in [6, 6.07) is 6.22. The molecule has 1 aromatic carbocycles. The Morgan fingerprint density at radius 1 is 1.32 bits per heavy atom. The number of rotatable bonds is 5. The van der Waals surface area contributed by atoms with Crippen molar-refractivity contribution in [3.05, 3.63) is 53.1 Å². The van der Waals surface area contributed by atoms with Crippen LogP contribution in [0.15, 0.2) is 30.6 Å². The van der Waals surface area contributed by atoms with Crippen molar-refractivity contribution < 1.29 is 0 Å². The van der Waals surface area contributed by atoms with Crippen LogP contribution in [0.25, 0.3) is 0 Å². The predicted molar refractivity (Wildman–Crippen MR) is 77.6 cm³/mol. The first kappa shape index (κ1) is 13.8. The third-order valence-electron chi connectivity index (χ3n) is 3.47. The molecule has 0 fully saturated rings. The van der Waals surface area contributed by atoms with Crippen molar-refractivity contribution in [2.45, 2.75) is 39.8 Å². The zero-order chi connectivity index (χ0) is 13.8. The van der Waals surface area contributed by atoms with Crippen LogP contribution in [0, 0.1) is 13.8 Å². The van der Waals surface area contributed by atoms with Gasteiger partial charge in [-0.3, -0.25) is 5.84 Å². The number of hydrogen-bond acceptors (Lipinski definition) is 3. The lowest BCUT2D eigenvalue weighted by Gasteiger charge is -2.21. The highest BCUT2D eigenvalue weighted by atomic mass is 15.3. The van der Waals surface area contributed by atoms with Crippen LogP contribution in [0.4, 0.5) is 0 Å². The van der Waals surface area contributed by atoms with Crippen LogP contribution >= 0.6 is 0 Å². The van der Waals surface area contributed by atoms with Crippen LogP contribution in [0.2, 0.25) is 0 Å². The first-order chi connectivity index (χ1) is 9.19. The van der Waals surface area contributed by atoms with Crippen molar-refractivity contribution in [3.8, 4) is 0 Å². The fourth-order valence-corrected chi connectivity index (χ4v) is 2.58. The molecule has 1 aromatic heterocycles. The maximum absolute atomic E-state index is 5.80. The molecule has 102 valence electrons. The molecular weight excluding hydrogens is 236 g/mol. The van der Waals surface area contributed by atoms with E-state index in [-0.39, 0.29) is 6.04 Å². The number of aromatic nitrogens is 2. The van der Waals surface area contributed by atoms with E-state index in [1.165, 1.54) is 16.7 Å². The molecule has 0 amide bonds. The van der Waals surface area contributed by atoms with E-state index in [9.17, 15) is 0 Å². The van der Waals surface area contributed by atoms with E-state index in [0.717, 1.165) is 18.8 Å². The third-order valence-corrected chi connectivity index (χ3v) is 3.47. The summed E-state index contributed by atoms with van der Waals surface area (Å²) in [5.74, 6) is 6.77. The molecule has 2 aromatic rings. The van der Waals surface area contributed by atoms with Gasteiger partial charge in [0.15, 0.2) is 0 Å². The number of aryl methyl sites for hydroxylation is 3. The second kappa shape index (κ2) is 5.99. The van der Waals surface area contributed by atoms with Gasteiger partial charge < -0.3 is 4.57 Å². The summed E-state index contributed by atoms with van der Waals surface area (Å²) >= 11 is 0. The van der Waals surface area contributed by atoms with Crippen LogP contribution < -0.4 is 11.3 Å². The Balaban J connectivity index is 2.47. The molecular formula is C15H22N4. The van der Waals surface area contributed by atoms with Crippen LogP contribution in [-0.2, 0) is 6.54 Å². The first-order valence-corrected chi connectivity index (χ1v) is 6.72. The average molecular weight is 258 g/mol.